The molecule has 0 saturated carbocycles. The van der Waals surface area contributed by atoms with E-state index in [-0.39, 0.29) is 24.3 Å². The molecule has 0 aliphatic carbocycles. The van der Waals surface area contributed by atoms with E-state index in [9.17, 15) is 14.4 Å². The van der Waals surface area contributed by atoms with Crippen LogP contribution in [0.4, 0.5) is 11.4 Å². The lowest BCUT2D eigenvalue weighted by atomic mass is 10.1. The lowest BCUT2D eigenvalue weighted by molar-refractivity contribution is -0.132. The van der Waals surface area contributed by atoms with Crippen molar-refractivity contribution in [2.24, 2.45) is 0 Å². The van der Waals surface area contributed by atoms with Crippen LogP contribution < -0.4 is 14.5 Å². The summed E-state index contributed by atoms with van der Waals surface area (Å²) in [4.78, 5) is 38.2. The number of anilines is 2. The standard InChI is InChI=1S/C15H18N2O4/c1-9-7-15(20)16(4)13-6-5-12(21-11(3)19)8-14(13)17(9)10(2)18/h5-6,8-9H,7H2,1-4H3/t9-/m0/s1. The molecule has 1 aliphatic heterocycles. The molecule has 0 aromatic heterocycles. The first-order valence-corrected chi connectivity index (χ1v) is 6.70. The predicted octanol–water partition coefficient (Wildman–Crippen LogP) is 1.72. The van der Waals surface area contributed by atoms with Gasteiger partial charge in [0.1, 0.15) is 5.75 Å². The van der Waals surface area contributed by atoms with E-state index in [4.69, 9.17) is 4.74 Å². The van der Waals surface area contributed by atoms with Gasteiger partial charge in [0.2, 0.25) is 11.8 Å². The summed E-state index contributed by atoms with van der Waals surface area (Å²) in [6.07, 6.45) is 0.244. The molecule has 0 fully saturated rings. The lowest BCUT2D eigenvalue weighted by Crippen LogP contribution is -2.37. The van der Waals surface area contributed by atoms with Crippen LogP contribution in [0.2, 0.25) is 0 Å². The van der Waals surface area contributed by atoms with Gasteiger partial charge in [0.15, 0.2) is 0 Å². The number of ether oxygens (including phenoxy) is 1. The molecule has 21 heavy (non-hydrogen) atoms. The zero-order valence-corrected chi connectivity index (χ0v) is 12.5. The van der Waals surface area contributed by atoms with Crippen LogP contribution in [0.25, 0.3) is 0 Å². The summed E-state index contributed by atoms with van der Waals surface area (Å²) in [7, 11) is 1.67. The Kier molecular flexibility index (Phi) is 3.97. The second kappa shape index (κ2) is 5.55. The summed E-state index contributed by atoms with van der Waals surface area (Å²) in [6, 6.07) is 4.65. The number of benzene rings is 1. The van der Waals surface area contributed by atoms with Crippen LogP contribution in [-0.4, -0.2) is 30.9 Å². The van der Waals surface area contributed by atoms with Crippen molar-refractivity contribution in [1.29, 1.82) is 0 Å². The van der Waals surface area contributed by atoms with Crippen LogP contribution in [0, 0.1) is 0 Å². The fraction of sp³-hybridized carbons (Fsp3) is 0.400. The number of nitrogens with zero attached hydrogens (tertiary/aromatic N) is 2. The Labute approximate surface area is 123 Å². The number of rotatable bonds is 1. The Hall–Kier alpha value is -2.37. The average Bonchev–Trinajstić information content (AvgIpc) is 2.45. The number of carbonyl (C=O) groups is 3. The SMILES string of the molecule is CC(=O)Oc1ccc2c(c1)N(C(C)=O)[C@@H](C)CC(=O)N2C. The van der Waals surface area contributed by atoms with Gasteiger partial charge in [0.25, 0.3) is 0 Å². The molecular weight excluding hydrogens is 272 g/mol. The predicted molar refractivity (Wildman–Crippen MR) is 78.4 cm³/mol. The summed E-state index contributed by atoms with van der Waals surface area (Å²) in [5, 5.41) is 0. The van der Waals surface area contributed by atoms with Gasteiger partial charge in [-0.05, 0) is 19.1 Å². The minimum atomic E-state index is -0.435. The normalized spacial score (nSPS) is 18.1. The maximum atomic E-state index is 12.1. The van der Waals surface area contributed by atoms with Gasteiger partial charge in [-0.1, -0.05) is 0 Å². The van der Waals surface area contributed by atoms with Crippen LogP contribution >= 0.6 is 0 Å². The Morgan fingerprint density at radius 1 is 1.24 bits per heavy atom. The highest BCUT2D eigenvalue weighted by Crippen LogP contribution is 2.37. The minimum absolute atomic E-state index is 0.0623. The highest BCUT2D eigenvalue weighted by Gasteiger charge is 2.31. The molecule has 2 amide bonds. The highest BCUT2D eigenvalue weighted by atomic mass is 16.5. The highest BCUT2D eigenvalue weighted by molar-refractivity contribution is 6.05. The van der Waals surface area contributed by atoms with E-state index < -0.39 is 5.97 Å². The molecule has 1 aromatic rings. The number of hydrogen-bond acceptors (Lipinski definition) is 4. The van der Waals surface area contributed by atoms with Crippen LogP contribution in [0.15, 0.2) is 18.2 Å². The first-order chi connectivity index (χ1) is 9.81. The van der Waals surface area contributed by atoms with E-state index in [1.54, 1.807) is 30.1 Å². The molecule has 1 heterocycles. The van der Waals surface area contributed by atoms with Crippen molar-refractivity contribution in [1.82, 2.24) is 0 Å². The van der Waals surface area contributed by atoms with Crippen LogP contribution in [-0.2, 0) is 14.4 Å². The smallest absolute Gasteiger partial charge is 0.308 e. The molecule has 6 heteroatoms. The Balaban J connectivity index is 2.58. The molecule has 0 radical (unpaired) electrons. The number of esters is 1. The van der Waals surface area contributed by atoms with Gasteiger partial charge in [0, 0.05) is 39.4 Å². The molecule has 0 bridgehead atoms. The first kappa shape index (κ1) is 15.0. The van der Waals surface area contributed by atoms with Gasteiger partial charge in [-0.2, -0.15) is 0 Å². The Morgan fingerprint density at radius 2 is 1.90 bits per heavy atom. The number of amides is 2. The quantitative estimate of drug-likeness (QED) is 0.583. The van der Waals surface area contributed by atoms with Crippen molar-refractivity contribution in [2.75, 3.05) is 16.8 Å². The zero-order chi connectivity index (χ0) is 15.7. The Morgan fingerprint density at radius 3 is 2.48 bits per heavy atom. The summed E-state index contributed by atoms with van der Waals surface area (Å²) in [5.74, 6) is -0.308. The van der Waals surface area contributed by atoms with E-state index in [2.05, 4.69) is 0 Å². The van der Waals surface area contributed by atoms with E-state index in [0.717, 1.165) is 0 Å². The van der Waals surface area contributed by atoms with Gasteiger partial charge in [-0.15, -0.1) is 0 Å². The number of hydrogen-bond donors (Lipinski definition) is 0. The largest absolute Gasteiger partial charge is 0.427 e. The van der Waals surface area contributed by atoms with E-state index >= 15 is 0 Å². The Bertz CT molecular complexity index is 612. The molecule has 0 saturated heterocycles. The second-order valence-corrected chi connectivity index (χ2v) is 5.14. The minimum Gasteiger partial charge on any atom is -0.427 e. The molecular formula is C15H18N2O4. The van der Waals surface area contributed by atoms with Crippen molar-refractivity contribution in [3.05, 3.63) is 18.2 Å². The molecule has 2 rings (SSSR count). The molecule has 0 N–H and O–H groups in total. The molecule has 112 valence electrons. The molecule has 6 nitrogen and oxygen atoms in total. The maximum Gasteiger partial charge on any atom is 0.308 e. The lowest BCUT2D eigenvalue weighted by Gasteiger charge is -2.27. The van der Waals surface area contributed by atoms with Crippen molar-refractivity contribution in [3.63, 3.8) is 0 Å². The monoisotopic (exact) mass is 290 g/mol. The average molecular weight is 290 g/mol. The van der Waals surface area contributed by atoms with Crippen LogP contribution in [0.5, 0.6) is 5.75 Å². The van der Waals surface area contributed by atoms with Crippen molar-refractivity contribution in [2.45, 2.75) is 33.2 Å². The fourth-order valence-electron chi connectivity index (χ4n) is 2.54. The van der Waals surface area contributed by atoms with Crippen molar-refractivity contribution >= 4 is 29.2 Å². The molecule has 1 aliphatic rings. The zero-order valence-electron chi connectivity index (χ0n) is 12.5. The van der Waals surface area contributed by atoms with E-state index in [1.807, 2.05) is 6.92 Å². The van der Waals surface area contributed by atoms with E-state index in [1.165, 1.54) is 18.7 Å². The van der Waals surface area contributed by atoms with E-state index in [0.29, 0.717) is 17.1 Å². The molecule has 0 unspecified atom stereocenters. The van der Waals surface area contributed by atoms with Crippen molar-refractivity contribution < 1.29 is 19.1 Å². The topological polar surface area (TPSA) is 66.9 Å². The van der Waals surface area contributed by atoms with Gasteiger partial charge >= 0.3 is 5.97 Å². The maximum absolute atomic E-state index is 12.1. The molecule has 1 aromatic carbocycles. The summed E-state index contributed by atoms with van der Waals surface area (Å²) in [5.41, 5.74) is 1.19. The fourth-order valence-corrected chi connectivity index (χ4v) is 2.54. The van der Waals surface area contributed by atoms with Gasteiger partial charge < -0.3 is 14.5 Å². The van der Waals surface area contributed by atoms with Crippen LogP contribution in [0.1, 0.15) is 27.2 Å². The van der Waals surface area contributed by atoms with Crippen LogP contribution in [0.3, 0.4) is 0 Å². The van der Waals surface area contributed by atoms with Gasteiger partial charge in [0.05, 0.1) is 11.4 Å². The third kappa shape index (κ3) is 2.89. The third-order valence-corrected chi connectivity index (χ3v) is 3.45. The second-order valence-electron chi connectivity index (χ2n) is 5.14. The molecule has 0 spiro atoms. The number of fused-ring (bicyclic) bond motifs is 1. The summed E-state index contributed by atoms with van der Waals surface area (Å²) >= 11 is 0. The van der Waals surface area contributed by atoms with Gasteiger partial charge in [-0.25, -0.2) is 0 Å². The van der Waals surface area contributed by atoms with Crippen molar-refractivity contribution in [3.8, 4) is 5.75 Å². The first-order valence-electron chi connectivity index (χ1n) is 6.70. The third-order valence-electron chi connectivity index (χ3n) is 3.45. The number of carbonyl (C=O) groups excluding carboxylic acids is 3. The summed E-state index contributed by atoms with van der Waals surface area (Å²) < 4.78 is 5.07. The summed E-state index contributed by atoms with van der Waals surface area (Å²) in [6.45, 7) is 4.59. The molecule has 1 atom stereocenters. The van der Waals surface area contributed by atoms with Gasteiger partial charge in [-0.3, -0.25) is 14.4 Å².